The molecule has 0 radical (unpaired) electrons. The molecule has 0 fully saturated rings. The van der Waals surface area contributed by atoms with Crippen molar-refractivity contribution in [3.8, 4) is 0 Å². The lowest BCUT2D eigenvalue weighted by atomic mass is 10.2. The van der Waals surface area contributed by atoms with Gasteiger partial charge in [-0.3, -0.25) is 4.79 Å². The van der Waals surface area contributed by atoms with Crippen molar-refractivity contribution in [1.82, 2.24) is 4.31 Å². The van der Waals surface area contributed by atoms with E-state index in [0.29, 0.717) is 10.7 Å². The lowest BCUT2D eigenvalue weighted by Gasteiger charge is -2.20. The Bertz CT molecular complexity index is 826. The summed E-state index contributed by atoms with van der Waals surface area (Å²) in [5.74, 6) is -0.500. The SMILES string of the molecule is CS(=O)(=O)N(CC(=O)Nc1cccc(Cl)c1Cl)Cc1ccccc1. The normalized spacial score (nSPS) is 11.5. The average Bonchev–Trinajstić information content (AvgIpc) is 2.51. The number of carbonyl (C=O) groups excluding carboxylic acids is 1. The van der Waals surface area contributed by atoms with Gasteiger partial charge in [-0.1, -0.05) is 59.6 Å². The van der Waals surface area contributed by atoms with Crippen molar-refractivity contribution in [2.24, 2.45) is 0 Å². The van der Waals surface area contributed by atoms with Gasteiger partial charge in [0.15, 0.2) is 0 Å². The summed E-state index contributed by atoms with van der Waals surface area (Å²) in [6.45, 7) is -0.215. The highest BCUT2D eigenvalue weighted by atomic mass is 35.5. The van der Waals surface area contributed by atoms with Crippen LogP contribution < -0.4 is 5.32 Å². The molecule has 8 heteroatoms. The molecule has 0 aliphatic heterocycles. The molecule has 0 atom stereocenters. The van der Waals surface area contributed by atoms with Crippen LogP contribution in [0, 0.1) is 0 Å². The molecule has 0 aliphatic carbocycles. The third-order valence-corrected chi connectivity index (χ3v) is 5.23. The minimum Gasteiger partial charge on any atom is -0.324 e. The number of nitrogens with zero attached hydrogens (tertiary/aromatic N) is 1. The van der Waals surface area contributed by atoms with Crippen molar-refractivity contribution in [3.63, 3.8) is 0 Å². The Morgan fingerprint density at radius 1 is 1.08 bits per heavy atom. The molecule has 24 heavy (non-hydrogen) atoms. The van der Waals surface area contributed by atoms with Crippen molar-refractivity contribution in [2.75, 3.05) is 18.1 Å². The van der Waals surface area contributed by atoms with Crippen LogP contribution in [0.25, 0.3) is 0 Å². The third-order valence-electron chi connectivity index (χ3n) is 3.22. The molecule has 1 amide bonds. The van der Waals surface area contributed by atoms with Crippen LogP contribution in [0.15, 0.2) is 48.5 Å². The van der Waals surface area contributed by atoms with E-state index in [4.69, 9.17) is 23.2 Å². The van der Waals surface area contributed by atoms with Crippen molar-refractivity contribution >= 4 is 44.8 Å². The number of carbonyl (C=O) groups is 1. The zero-order valence-electron chi connectivity index (χ0n) is 12.9. The fourth-order valence-electron chi connectivity index (χ4n) is 2.03. The van der Waals surface area contributed by atoms with Crippen LogP contribution >= 0.6 is 23.2 Å². The highest BCUT2D eigenvalue weighted by Gasteiger charge is 2.21. The lowest BCUT2D eigenvalue weighted by Crippen LogP contribution is -2.36. The maximum atomic E-state index is 12.2. The van der Waals surface area contributed by atoms with Gasteiger partial charge in [-0.25, -0.2) is 8.42 Å². The molecule has 0 saturated heterocycles. The Morgan fingerprint density at radius 2 is 1.75 bits per heavy atom. The second-order valence-electron chi connectivity index (χ2n) is 5.17. The van der Waals surface area contributed by atoms with Crippen LogP contribution in [-0.4, -0.2) is 31.4 Å². The number of anilines is 1. The molecule has 0 saturated carbocycles. The molecule has 0 aliphatic rings. The third kappa shape index (κ3) is 5.21. The summed E-state index contributed by atoms with van der Waals surface area (Å²) in [4.78, 5) is 12.2. The van der Waals surface area contributed by atoms with Gasteiger partial charge in [0, 0.05) is 6.54 Å². The van der Waals surface area contributed by atoms with E-state index in [0.717, 1.165) is 16.1 Å². The molecule has 1 N–H and O–H groups in total. The van der Waals surface area contributed by atoms with Crippen molar-refractivity contribution in [3.05, 3.63) is 64.1 Å². The molecule has 5 nitrogen and oxygen atoms in total. The monoisotopic (exact) mass is 386 g/mol. The molecule has 0 aromatic heterocycles. The summed E-state index contributed by atoms with van der Waals surface area (Å²) >= 11 is 11.9. The van der Waals surface area contributed by atoms with Crippen LogP contribution in [0.2, 0.25) is 10.0 Å². The summed E-state index contributed by atoms with van der Waals surface area (Å²) < 4.78 is 25.0. The predicted molar refractivity (Wildman–Crippen MR) is 96.8 cm³/mol. The Balaban J connectivity index is 2.12. The molecular formula is C16H16Cl2N2O3S. The van der Waals surface area contributed by atoms with E-state index in [1.54, 1.807) is 30.3 Å². The predicted octanol–water partition coefficient (Wildman–Crippen LogP) is 3.39. The summed E-state index contributed by atoms with van der Waals surface area (Å²) in [6.07, 6.45) is 1.07. The van der Waals surface area contributed by atoms with Crippen molar-refractivity contribution < 1.29 is 13.2 Å². The van der Waals surface area contributed by atoms with Gasteiger partial charge in [-0.05, 0) is 17.7 Å². The smallest absolute Gasteiger partial charge is 0.239 e. The second-order valence-corrected chi connectivity index (χ2v) is 7.93. The van der Waals surface area contributed by atoms with Gasteiger partial charge < -0.3 is 5.32 Å². The van der Waals surface area contributed by atoms with E-state index in [1.165, 1.54) is 0 Å². The first kappa shape index (κ1) is 18.7. The first-order chi connectivity index (χ1) is 11.3. The van der Waals surface area contributed by atoms with Crippen LogP contribution in [0.3, 0.4) is 0 Å². The van der Waals surface area contributed by atoms with Gasteiger partial charge in [0.1, 0.15) is 0 Å². The number of hydrogen-bond donors (Lipinski definition) is 1. The summed E-state index contributed by atoms with van der Waals surface area (Å²) in [6, 6.07) is 13.9. The van der Waals surface area contributed by atoms with Gasteiger partial charge in [0.05, 0.1) is 28.5 Å². The van der Waals surface area contributed by atoms with Crippen LogP contribution in [0.5, 0.6) is 0 Å². The summed E-state index contributed by atoms with van der Waals surface area (Å²) in [5, 5.41) is 3.09. The van der Waals surface area contributed by atoms with Gasteiger partial charge in [0.2, 0.25) is 15.9 Å². The number of sulfonamides is 1. The number of halogens is 2. The molecule has 2 aromatic rings. The van der Waals surface area contributed by atoms with E-state index in [2.05, 4.69) is 5.32 Å². The van der Waals surface area contributed by atoms with Gasteiger partial charge in [0.25, 0.3) is 0 Å². The Kier molecular flexibility index (Phi) is 6.23. The van der Waals surface area contributed by atoms with Gasteiger partial charge in [-0.2, -0.15) is 4.31 Å². The standard InChI is InChI=1S/C16H16Cl2N2O3S/c1-24(22,23)20(10-12-6-3-2-4-7-12)11-15(21)19-14-9-5-8-13(17)16(14)18/h2-9H,10-11H2,1H3,(H,19,21). The number of hydrogen-bond acceptors (Lipinski definition) is 3. The fraction of sp³-hybridized carbons (Fsp3) is 0.188. The Labute approximate surface area is 151 Å². The highest BCUT2D eigenvalue weighted by molar-refractivity contribution is 7.88. The maximum absolute atomic E-state index is 12.2. The van der Waals surface area contributed by atoms with E-state index in [-0.39, 0.29) is 18.1 Å². The highest BCUT2D eigenvalue weighted by Crippen LogP contribution is 2.29. The largest absolute Gasteiger partial charge is 0.324 e. The molecule has 0 bridgehead atoms. The molecule has 2 rings (SSSR count). The van der Waals surface area contributed by atoms with Gasteiger partial charge >= 0.3 is 0 Å². The minimum absolute atomic E-state index is 0.108. The second kappa shape index (κ2) is 7.98. The van der Waals surface area contributed by atoms with E-state index >= 15 is 0 Å². The maximum Gasteiger partial charge on any atom is 0.239 e. The molecule has 128 valence electrons. The molecule has 2 aromatic carbocycles. The van der Waals surface area contributed by atoms with Gasteiger partial charge in [-0.15, -0.1) is 0 Å². The Morgan fingerprint density at radius 3 is 2.38 bits per heavy atom. The van der Waals surface area contributed by atoms with Crippen molar-refractivity contribution in [1.29, 1.82) is 0 Å². The lowest BCUT2D eigenvalue weighted by molar-refractivity contribution is -0.116. The number of nitrogens with one attached hydrogen (secondary N) is 1. The first-order valence-electron chi connectivity index (χ1n) is 7.00. The van der Waals surface area contributed by atoms with E-state index < -0.39 is 15.9 Å². The van der Waals surface area contributed by atoms with E-state index in [9.17, 15) is 13.2 Å². The molecular weight excluding hydrogens is 371 g/mol. The number of benzene rings is 2. The first-order valence-corrected chi connectivity index (χ1v) is 9.60. The summed E-state index contributed by atoms with van der Waals surface area (Å²) in [5.41, 5.74) is 1.12. The fourth-order valence-corrected chi connectivity index (χ4v) is 3.11. The van der Waals surface area contributed by atoms with Crippen LogP contribution in [-0.2, 0) is 21.4 Å². The summed E-state index contributed by atoms with van der Waals surface area (Å²) in [7, 11) is -3.56. The average molecular weight is 387 g/mol. The van der Waals surface area contributed by atoms with E-state index in [1.807, 2.05) is 18.2 Å². The number of rotatable bonds is 6. The zero-order valence-corrected chi connectivity index (χ0v) is 15.2. The quantitative estimate of drug-likeness (QED) is 0.826. The number of amides is 1. The van der Waals surface area contributed by atoms with Crippen molar-refractivity contribution in [2.45, 2.75) is 6.54 Å². The minimum atomic E-state index is -3.56. The zero-order chi connectivity index (χ0) is 17.7. The topological polar surface area (TPSA) is 66.5 Å². The van der Waals surface area contributed by atoms with Crippen LogP contribution in [0.1, 0.15) is 5.56 Å². The Hall–Kier alpha value is -1.60. The molecule has 0 heterocycles. The molecule has 0 unspecified atom stereocenters. The molecule has 0 spiro atoms. The van der Waals surface area contributed by atoms with Crippen LogP contribution in [0.4, 0.5) is 5.69 Å².